The van der Waals surface area contributed by atoms with Crippen LogP contribution in [0.2, 0.25) is 0 Å². The van der Waals surface area contributed by atoms with Crippen LogP contribution < -0.4 is 15.3 Å². The molecule has 16 heavy (non-hydrogen) atoms. The van der Waals surface area contributed by atoms with Gasteiger partial charge in [0.15, 0.2) is 0 Å². The van der Waals surface area contributed by atoms with Crippen LogP contribution in [0.4, 0.5) is 0 Å². The number of carboxylic acids is 3. The van der Waals surface area contributed by atoms with Crippen molar-refractivity contribution < 1.29 is 116 Å². The van der Waals surface area contributed by atoms with Crippen LogP contribution in [0.1, 0.15) is 6.92 Å². The minimum absolute atomic E-state index is 0. The summed E-state index contributed by atoms with van der Waals surface area (Å²) in [4.78, 5) is 28.2. The third-order valence-corrected chi connectivity index (χ3v) is 0.697. The van der Waals surface area contributed by atoms with Gasteiger partial charge in [0.25, 0.3) is 0 Å². The molecule has 0 rings (SSSR count). The molecule has 0 bridgehead atoms. The Balaban J connectivity index is -0.0000000825. The van der Waals surface area contributed by atoms with Crippen molar-refractivity contribution in [3.05, 3.63) is 12.2 Å². The molecular weight excluding hydrogens is 485 g/mol. The maximum atomic E-state index is 9.41. The Kier molecular flexibility index (Phi) is 25.3. The Morgan fingerprint density at radius 1 is 1.00 bits per heavy atom. The second kappa shape index (κ2) is 15.8. The Morgan fingerprint density at radius 2 is 1.19 bits per heavy atom. The van der Waals surface area contributed by atoms with E-state index in [1.54, 1.807) is 0 Å². The molecule has 0 saturated heterocycles. The molecule has 0 fully saturated rings. The van der Waals surface area contributed by atoms with Crippen molar-refractivity contribution in [3.8, 4) is 0 Å². The van der Waals surface area contributed by atoms with E-state index in [9.17, 15) is 29.7 Å². The third-order valence-electron chi connectivity index (χ3n) is 0.697. The van der Waals surface area contributed by atoms with E-state index in [2.05, 4.69) is 0 Å². The first-order chi connectivity index (χ1) is 6.27. The third kappa shape index (κ3) is 29.4. The summed E-state index contributed by atoms with van der Waals surface area (Å²) in [6, 6.07) is 0. The largest absolute Gasteiger partial charge is 3.00 e. The zero-order chi connectivity index (χ0) is 11.7. The molecule has 9 heteroatoms. The molecule has 0 aliphatic heterocycles. The number of carboxylic acid groups (broad SMARTS) is 3. The van der Waals surface area contributed by atoms with Crippen molar-refractivity contribution in [3.63, 3.8) is 0 Å². The summed E-state index contributed by atoms with van der Waals surface area (Å²) < 4.78 is 0. The van der Waals surface area contributed by atoms with Crippen molar-refractivity contribution in [1.82, 2.24) is 0 Å². The van der Waals surface area contributed by atoms with Crippen LogP contribution in [0.5, 0.6) is 0 Å². The summed E-state index contributed by atoms with van der Waals surface area (Å²) in [6.45, 7) is 1.13. The van der Waals surface area contributed by atoms with E-state index < -0.39 is 24.0 Å². The van der Waals surface area contributed by atoms with E-state index >= 15 is 0 Å². The number of hydrogen-bond donors (Lipinski definition) is 1. The van der Waals surface area contributed by atoms with Gasteiger partial charge in [-0.15, -0.1) is 0 Å². The summed E-state index contributed by atoms with van der Waals surface area (Å²) in [5, 5.41) is 36.1. The molecule has 0 aliphatic rings. The van der Waals surface area contributed by atoms with E-state index in [-0.39, 0.29) is 81.7 Å². The first kappa shape index (κ1) is 25.6. The van der Waals surface area contributed by atoms with Crippen molar-refractivity contribution in [2.24, 2.45) is 0 Å². The van der Waals surface area contributed by atoms with Gasteiger partial charge in [-0.3, -0.25) is 0 Å². The van der Waals surface area contributed by atoms with Crippen LogP contribution >= 0.6 is 0 Å². The Hall–Kier alpha value is 0.811. The molecule has 0 aromatic heterocycles. The molecule has 0 aliphatic carbocycles. The number of aliphatic carboxylic acids is 3. The van der Waals surface area contributed by atoms with Gasteiger partial charge in [0.2, 0.25) is 0 Å². The second-order valence-corrected chi connectivity index (χ2v) is 1.97. The fraction of sp³-hybridized carbons (Fsp3) is 0.286. The summed E-state index contributed by atoms with van der Waals surface area (Å²) in [5.41, 5.74) is 0. The van der Waals surface area contributed by atoms with Gasteiger partial charge >= 0.3 is 81.7 Å². The number of aliphatic hydroxyl groups excluding tert-OH is 1. The first-order valence-corrected chi connectivity index (χ1v) is 3.26. The fourth-order valence-corrected chi connectivity index (χ4v) is 0.136. The summed E-state index contributed by atoms with van der Waals surface area (Å²) >= 11 is 0. The SMILES string of the molecule is CC(O)C(=O)[O-].O=C([O-])/C=C/C(=O)[O-].[Nd+3].[Nd+3]. The standard InChI is InChI=1S/C4H4O4.C3H6O3.2Nd/c5-3(6)1-2-4(7)8;1-2(4)3(5)6;;/h1-2H,(H,5,6)(H,7,8);2,4H,1H3,(H,5,6);;/q;;2*+3/p-3/b2-1+;;;. The van der Waals surface area contributed by atoms with E-state index in [1.165, 1.54) is 0 Å². The number of carbonyl (C=O) groups is 3. The van der Waals surface area contributed by atoms with Crippen LogP contribution in [0, 0.1) is 81.7 Å². The van der Waals surface area contributed by atoms with Gasteiger partial charge in [-0.05, 0) is 19.1 Å². The molecule has 1 unspecified atom stereocenters. The number of aliphatic hydroxyl groups is 1. The molecule has 1 N–H and O–H groups in total. The fourth-order valence-electron chi connectivity index (χ4n) is 0.136. The van der Waals surface area contributed by atoms with Crippen molar-refractivity contribution in [2.75, 3.05) is 0 Å². The van der Waals surface area contributed by atoms with E-state index in [1.807, 2.05) is 0 Å². The monoisotopic (exact) mass is 487 g/mol. The molecule has 0 heterocycles. The van der Waals surface area contributed by atoms with Gasteiger partial charge in [-0.1, -0.05) is 0 Å². The van der Waals surface area contributed by atoms with Gasteiger partial charge in [0.05, 0.1) is 24.0 Å². The molecule has 1 atom stereocenters. The summed E-state index contributed by atoms with van der Waals surface area (Å²) in [5.74, 6) is -4.53. The molecule has 0 saturated carbocycles. The normalized spacial score (nSPS) is 9.88. The predicted molar refractivity (Wildman–Crippen MR) is 35.8 cm³/mol. The number of rotatable bonds is 3. The second-order valence-electron chi connectivity index (χ2n) is 1.97. The maximum Gasteiger partial charge on any atom is 3.00 e. The van der Waals surface area contributed by atoms with Crippen molar-refractivity contribution in [1.29, 1.82) is 0 Å². The number of carbonyl (C=O) groups excluding carboxylic acids is 3. The summed E-state index contributed by atoms with van der Waals surface area (Å²) in [6.07, 6.45) is -0.574. The molecule has 0 amide bonds. The smallest absolute Gasteiger partial charge is 0.547 e. The quantitative estimate of drug-likeness (QED) is 0.391. The van der Waals surface area contributed by atoms with Crippen LogP contribution in [-0.4, -0.2) is 29.1 Å². The molecule has 82 valence electrons. The molecule has 0 aromatic rings. The van der Waals surface area contributed by atoms with Gasteiger partial charge in [0, 0.05) is 0 Å². The minimum atomic E-state index is -1.55. The van der Waals surface area contributed by atoms with Gasteiger partial charge in [-0.25, -0.2) is 0 Å². The van der Waals surface area contributed by atoms with E-state index in [0.29, 0.717) is 12.2 Å². The van der Waals surface area contributed by atoms with E-state index in [0.717, 1.165) is 6.92 Å². The van der Waals surface area contributed by atoms with Gasteiger partial charge in [-0.2, -0.15) is 0 Å². The van der Waals surface area contributed by atoms with Crippen LogP contribution in [0.25, 0.3) is 0 Å². The Labute approximate surface area is 157 Å². The average Bonchev–Trinajstić information content (AvgIpc) is 2.01. The van der Waals surface area contributed by atoms with E-state index in [4.69, 9.17) is 5.11 Å². The zero-order valence-electron chi connectivity index (χ0n) is 8.13. The van der Waals surface area contributed by atoms with Crippen LogP contribution in [-0.2, 0) is 14.4 Å². The average molecular weight is 492 g/mol. The Bertz CT molecular complexity index is 233. The Morgan fingerprint density at radius 3 is 1.25 bits per heavy atom. The summed E-state index contributed by atoms with van der Waals surface area (Å²) in [7, 11) is 0. The molecule has 0 aromatic carbocycles. The minimum Gasteiger partial charge on any atom is -0.547 e. The topological polar surface area (TPSA) is 141 Å². The van der Waals surface area contributed by atoms with Gasteiger partial charge < -0.3 is 34.8 Å². The molecule has 0 spiro atoms. The van der Waals surface area contributed by atoms with Crippen molar-refractivity contribution in [2.45, 2.75) is 13.0 Å². The predicted octanol–water partition coefficient (Wildman–Crippen LogP) is -4.84. The van der Waals surface area contributed by atoms with Crippen LogP contribution in [0.3, 0.4) is 0 Å². The van der Waals surface area contributed by atoms with Crippen LogP contribution in [0.15, 0.2) is 12.2 Å². The zero-order valence-corrected chi connectivity index (χ0v) is 14.5. The van der Waals surface area contributed by atoms with Gasteiger partial charge in [0.1, 0.15) is 0 Å². The first-order valence-electron chi connectivity index (χ1n) is 3.26. The molecule has 7 nitrogen and oxygen atoms in total. The maximum absolute atomic E-state index is 9.41. The van der Waals surface area contributed by atoms with Crippen molar-refractivity contribution >= 4 is 17.9 Å². The number of hydrogen-bond acceptors (Lipinski definition) is 7. The molecule has 2 radical (unpaired) electrons. The molecular formula is C7H7Nd2O7+3.